The predicted molar refractivity (Wildman–Crippen MR) is 94.1 cm³/mol. The maximum atomic E-state index is 12.5. The molecule has 0 bridgehead atoms. The molecule has 1 aliphatic heterocycles. The molecule has 4 rings (SSSR count). The fraction of sp³-hybridized carbons (Fsp3) is 0.556. The Morgan fingerprint density at radius 3 is 2.96 bits per heavy atom. The third-order valence-electron chi connectivity index (χ3n) is 5.06. The fourth-order valence-electron chi connectivity index (χ4n) is 3.48. The zero-order chi connectivity index (χ0) is 18.1. The van der Waals surface area contributed by atoms with Gasteiger partial charge in [-0.2, -0.15) is 0 Å². The number of nitrogens with one attached hydrogen (secondary N) is 1. The molecule has 1 amide bonds. The highest BCUT2D eigenvalue weighted by molar-refractivity contribution is 5.92. The van der Waals surface area contributed by atoms with Crippen molar-refractivity contribution in [2.24, 2.45) is 0 Å². The average Bonchev–Trinajstić information content (AvgIpc) is 3.21. The van der Waals surface area contributed by atoms with Gasteiger partial charge in [0.15, 0.2) is 6.39 Å². The van der Waals surface area contributed by atoms with Crippen molar-refractivity contribution in [1.82, 2.24) is 20.3 Å². The van der Waals surface area contributed by atoms with Crippen LogP contribution in [0.1, 0.15) is 47.1 Å². The van der Waals surface area contributed by atoms with Gasteiger partial charge in [-0.1, -0.05) is 0 Å². The van der Waals surface area contributed by atoms with E-state index in [1.54, 1.807) is 13.4 Å². The third-order valence-corrected chi connectivity index (χ3v) is 5.06. The van der Waals surface area contributed by atoms with Crippen LogP contribution < -0.4 is 10.2 Å². The van der Waals surface area contributed by atoms with Gasteiger partial charge in [-0.15, -0.1) is 0 Å². The molecule has 1 saturated carbocycles. The molecular weight excluding hydrogens is 334 g/mol. The second-order valence-corrected chi connectivity index (χ2v) is 6.97. The fourth-order valence-corrected chi connectivity index (χ4v) is 3.48. The lowest BCUT2D eigenvalue weighted by molar-refractivity contribution is 0.0917. The number of nitrogens with zero attached hydrogens (tertiary/aromatic N) is 4. The number of ether oxygens (including phenoxy) is 1. The van der Waals surface area contributed by atoms with Crippen molar-refractivity contribution in [1.29, 1.82) is 0 Å². The smallest absolute Gasteiger partial charge is 0.289 e. The molecule has 2 atom stereocenters. The Kier molecular flexibility index (Phi) is 4.58. The monoisotopic (exact) mass is 357 g/mol. The van der Waals surface area contributed by atoms with Crippen molar-refractivity contribution in [3.63, 3.8) is 0 Å². The second kappa shape index (κ2) is 7.03. The van der Waals surface area contributed by atoms with Gasteiger partial charge in [0.05, 0.1) is 17.8 Å². The van der Waals surface area contributed by atoms with Gasteiger partial charge in [-0.25, -0.2) is 15.0 Å². The van der Waals surface area contributed by atoms with E-state index in [4.69, 9.17) is 9.15 Å². The van der Waals surface area contributed by atoms with Gasteiger partial charge in [0, 0.05) is 37.9 Å². The molecule has 8 nitrogen and oxygen atoms in total. The van der Waals surface area contributed by atoms with Gasteiger partial charge < -0.3 is 19.4 Å². The van der Waals surface area contributed by atoms with Crippen LogP contribution in [0.3, 0.4) is 0 Å². The highest BCUT2D eigenvalue weighted by Gasteiger charge is 2.35. The molecule has 26 heavy (non-hydrogen) atoms. The number of carbonyl (C=O) groups excluding carboxylic acids is 1. The topological polar surface area (TPSA) is 93.4 Å². The van der Waals surface area contributed by atoms with E-state index >= 15 is 0 Å². The number of methoxy groups -OCH3 is 1. The van der Waals surface area contributed by atoms with Crippen molar-refractivity contribution in [3.05, 3.63) is 35.9 Å². The summed E-state index contributed by atoms with van der Waals surface area (Å²) in [5.74, 6) is 1.37. The molecule has 138 valence electrons. The predicted octanol–water partition coefficient (Wildman–Crippen LogP) is 1.67. The summed E-state index contributed by atoms with van der Waals surface area (Å²) in [6, 6.07) is 2.06. The molecule has 0 radical (unpaired) electrons. The Bertz CT molecular complexity index is 789. The summed E-state index contributed by atoms with van der Waals surface area (Å²) in [5, 5.41) is 3.00. The number of amides is 1. The van der Waals surface area contributed by atoms with Gasteiger partial charge in [0.1, 0.15) is 12.1 Å². The Morgan fingerprint density at radius 2 is 2.23 bits per heavy atom. The standard InChI is InChI=1S/C18H23N5O3/c1-11-5-15(21-9-20-11)23-8-14(25-2)6-13(23)7-19-18(24)17-16(12-3-4-12)22-10-26-17/h5,9-10,12-14H,3-4,6-8H2,1-2H3,(H,19,24)/t13-,14-/m0/s1. The van der Waals surface area contributed by atoms with Crippen LogP contribution in [-0.2, 0) is 4.74 Å². The van der Waals surface area contributed by atoms with E-state index in [0.29, 0.717) is 18.2 Å². The molecule has 1 N–H and O–H groups in total. The van der Waals surface area contributed by atoms with E-state index in [2.05, 4.69) is 25.2 Å². The van der Waals surface area contributed by atoms with Crippen molar-refractivity contribution < 1.29 is 13.9 Å². The Hall–Kier alpha value is -2.48. The number of anilines is 1. The van der Waals surface area contributed by atoms with Crippen LogP contribution in [0.5, 0.6) is 0 Å². The number of carbonyl (C=O) groups is 1. The first-order chi connectivity index (χ1) is 12.7. The summed E-state index contributed by atoms with van der Waals surface area (Å²) >= 11 is 0. The minimum Gasteiger partial charge on any atom is -0.438 e. The number of aryl methyl sites for hydroxylation is 1. The molecule has 0 spiro atoms. The van der Waals surface area contributed by atoms with Crippen LogP contribution >= 0.6 is 0 Å². The number of aromatic nitrogens is 3. The van der Waals surface area contributed by atoms with E-state index < -0.39 is 0 Å². The van der Waals surface area contributed by atoms with Gasteiger partial charge in [-0.05, 0) is 26.2 Å². The van der Waals surface area contributed by atoms with Crippen LogP contribution in [0.15, 0.2) is 23.2 Å². The molecule has 0 unspecified atom stereocenters. The van der Waals surface area contributed by atoms with Crippen LogP contribution in [0.2, 0.25) is 0 Å². The van der Waals surface area contributed by atoms with E-state index in [0.717, 1.165) is 43.0 Å². The number of oxazole rings is 1. The van der Waals surface area contributed by atoms with Gasteiger partial charge in [-0.3, -0.25) is 4.79 Å². The largest absolute Gasteiger partial charge is 0.438 e. The van der Waals surface area contributed by atoms with Crippen LogP contribution in [0, 0.1) is 6.92 Å². The highest BCUT2D eigenvalue weighted by Crippen LogP contribution is 2.40. The molecule has 1 aliphatic carbocycles. The molecule has 2 aromatic rings. The molecule has 8 heteroatoms. The van der Waals surface area contributed by atoms with Gasteiger partial charge in [0.2, 0.25) is 5.76 Å². The second-order valence-electron chi connectivity index (χ2n) is 6.97. The first-order valence-electron chi connectivity index (χ1n) is 8.95. The van der Waals surface area contributed by atoms with E-state index in [-0.39, 0.29) is 18.1 Å². The first kappa shape index (κ1) is 17.0. The minimum atomic E-state index is -0.205. The summed E-state index contributed by atoms with van der Waals surface area (Å²) < 4.78 is 10.9. The Labute approximate surface area is 152 Å². The molecule has 0 aromatic carbocycles. The molecule has 3 heterocycles. The minimum absolute atomic E-state index is 0.102. The van der Waals surface area contributed by atoms with Crippen molar-refractivity contribution >= 4 is 11.7 Å². The van der Waals surface area contributed by atoms with Gasteiger partial charge >= 0.3 is 0 Å². The quantitative estimate of drug-likeness (QED) is 0.840. The van der Waals surface area contributed by atoms with Crippen LogP contribution in [0.25, 0.3) is 0 Å². The first-order valence-corrected chi connectivity index (χ1v) is 8.95. The maximum Gasteiger partial charge on any atom is 0.289 e. The van der Waals surface area contributed by atoms with Crippen molar-refractivity contribution in [2.45, 2.75) is 44.2 Å². The summed E-state index contributed by atoms with van der Waals surface area (Å²) in [6.45, 7) is 3.17. The lowest BCUT2D eigenvalue weighted by Gasteiger charge is -2.25. The number of rotatable bonds is 6. The Balaban J connectivity index is 1.45. The molecular formula is C18H23N5O3. The third kappa shape index (κ3) is 3.41. The lowest BCUT2D eigenvalue weighted by Crippen LogP contribution is -2.40. The average molecular weight is 357 g/mol. The number of hydrogen-bond donors (Lipinski definition) is 1. The zero-order valence-corrected chi connectivity index (χ0v) is 15.0. The highest BCUT2D eigenvalue weighted by atomic mass is 16.5. The SMILES string of the molecule is CO[C@H]1C[C@@H](CNC(=O)c2ocnc2C2CC2)N(c2cc(C)ncn2)C1. The Morgan fingerprint density at radius 1 is 1.38 bits per heavy atom. The van der Waals surface area contributed by atoms with E-state index in [1.165, 1.54) is 6.39 Å². The van der Waals surface area contributed by atoms with Crippen molar-refractivity contribution in [2.75, 3.05) is 25.1 Å². The maximum absolute atomic E-state index is 12.5. The summed E-state index contributed by atoms with van der Waals surface area (Å²) in [4.78, 5) is 27.5. The van der Waals surface area contributed by atoms with Crippen molar-refractivity contribution in [3.8, 4) is 0 Å². The van der Waals surface area contributed by atoms with E-state index in [9.17, 15) is 4.79 Å². The summed E-state index contributed by atoms with van der Waals surface area (Å²) in [7, 11) is 1.71. The molecule has 2 aliphatic rings. The summed E-state index contributed by atoms with van der Waals surface area (Å²) in [5.41, 5.74) is 1.70. The van der Waals surface area contributed by atoms with Crippen LogP contribution in [0.4, 0.5) is 5.82 Å². The molecule has 2 fully saturated rings. The normalized spacial score (nSPS) is 22.6. The molecule has 1 saturated heterocycles. The summed E-state index contributed by atoms with van der Waals surface area (Å²) in [6.07, 6.45) is 6.01. The van der Waals surface area contributed by atoms with Gasteiger partial charge in [0.25, 0.3) is 5.91 Å². The van der Waals surface area contributed by atoms with Crippen LogP contribution in [-0.4, -0.2) is 53.2 Å². The molecule has 2 aromatic heterocycles. The lowest BCUT2D eigenvalue weighted by atomic mass is 10.2. The number of hydrogen-bond acceptors (Lipinski definition) is 7. The zero-order valence-electron chi connectivity index (χ0n) is 15.0. The van der Waals surface area contributed by atoms with E-state index in [1.807, 2.05) is 13.0 Å².